The van der Waals surface area contributed by atoms with E-state index in [1.807, 2.05) is 13.0 Å². The molecule has 0 fully saturated rings. The first kappa shape index (κ1) is 10.5. The second-order valence-electron chi connectivity index (χ2n) is 3.95. The average molecular weight is 220 g/mol. The smallest absolute Gasteiger partial charge is 0.278 e. The summed E-state index contributed by atoms with van der Waals surface area (Å²) < 4.78 is 5.36. The minimum atomic E-state index is -1.64. The Hall–Kier alpha value is -2.04. The molecule has 0 aromatic heterocycles. The van der Waals surface area contributed by atoms with Crippen LogP contribution in [0, 0.1) is 6.92 Å². The van der Waals surface area contributed by atoms with Crippen molar-refractivity contribution in [1.29, 1.82) is 0 Å². The summed E-state index contributed by atoms with van der Waals surface area (Å²) in [6.45, 7) is 3.25. The molecule has 0 unspecified atom stereocenters. The zero-order valence-electron chi connectivity index (χ0n) is 9.03. The van der Waals surface area contributed by atoms with E-state index in [0.717, 1.165) is 5.56 Å². The van der Waals surface area contributed by atoms with E-state index >= 15 is 0 Å². The zero-order valence-corrected chi connectivity index (χ0v) is 9.03. The van der Waals surface area contributed by atoms with Crippen LogP contribution in [0.4, 0.5) is 5.69 Å². The van der Waals surface area contributed by atoms with E-state index in [2.05, 4.69) is 5.32 Å². The maximum atomic E-state index is 11.7. The second-order valence-corrected chi connectivity index (χ2v) is 3.95. The number of carbonyl (C=O) groups excluding carboxylic acids is 2. The van der Waals surface area contributed by atoms with E-state index in [4.69, 9.17) is 10.5 Å². The molecule has 2 rings (SSSR count). The fraction of sp³-hybridized carbons (Fsp3) is 0.273. The normalized spacial score (nSPS) is 23.0. The van der Waals surface area contributed by atoms with Crippen molar-refractivity contribution >= 4 is 17.5 Å². The molecule has 1 atom stereocenters. The van der Waals surface area contributed by atoms with Crippen molar-refractivity contribution in [3.8, 4) is 5.75 Å². The summed E-state index contributed by atoms with van der Waals surface area (Å²) in [5, 5.41) is 2.61. The van der Waals surface area contributed by atoms with Gasteiger partial charge in [0.15, 0.2) is 0 Å². The predicted molar refractivity (Wildman–Crippen MR) is 58.0 cm³/mol. The molecule has 1 aromatic rings. The SMILES string of the molecule is Cc1ccc2c(c1)NC(=O)[C@@](C)(C(N)=O)O2. The van der Waals surface area contributed by atoms with Crippen LogP contribution in [0.25, 0.3) is 0 Å². The van der Waals surface area contributed by atoms with Gasteiger partial charge in [-0.05, 0) is 31.5 Å². The van der Waals surface area contributed by atoms with Crippen LogP contribution in [0.15, 0.2) is 18.2 Å². The molecule has 2 amide bonds. The number of nitrogens with one attached hydrogen (secondary N) is 1. The van der Waals surface area contributed by atoms with Gasteiger partial charge in [-0.15, -0.1) is 0 Å². The summed E-state index contributed by atoms with van der Waals surface area (Å²) in [7, 11) is 0. The Balaban J connectivity index is 2.47. The number of amides is 2. The van der Waals surface area contributed by atoms with Crippen molar-refractivity contribution in [2.75, 3.05) is 5.32 Å². The number of rotatable bonds is 1. The highest BCUT2D eigenvalue weighted by atomic mass is 16.5. The summed E-state index contributed by atoms with van der Waals surface area (Å²) in [4.78, 5) is 22.9. The monoisotopic (exact) mass is 220 g/mol. The highest BCUT2D eigenvalue weighted by Crippen LogP contribution is 2.33. The highest BCUT2D eigenvalue weighted by molar-refractivity contribution is 6.14. The van der Waals surface area contributed by atoms with Crippen molar-refractivity contribution in [3.05, 3.63) is 23.8 Å². The van der Waals surface area contributed by atoms with Crippen molar-refractivity contribution in [3.63, 3.8) is 0 Å². The third-order valence-electron chi connectivity index (χ3n) is 2.60. The van der Waals surface area contributed by atoms with Gasteiger partial charge in [-0.1, -0.05) is 6.07 Å². The van der Waals surface area contributed by atoms with Gasteiger partial charge < -0.3 is 15.8 Å². The molecule has 1 heterocycles. The maximum absolute atomic E-state index is 11.7. The number of nitrogens with two attached hydrogens (primary N) is 1. The van der Waals surface area contributed by atoms with Gasteiger partial charge in [0.25, 0.3) is 17.4 Å². The minimum absolute atomic E-state index is 0.450. The molecule has 16 heavy (non-hydrogen) atoms. The molecule has 1 aliphatic rings. The van der Waals surface area contributed by atoms with Crippen LogP contribution in [0.1, 0.15) is 12.5 Å². The lowest BCUT2D eigenvalue weighted by molar-refractivity contribution is -0.144. The van der Waals surface area contributed by atoms with E-state index in [-0.39, 0.29) is 0 Å². The lowest BCUT2D eigenvalue weighted by Gasteiger charge is -2.31. The lowest BCUT2D eigenvalue weighted by atomic mass is 10.0. The molecule has 0 aliphatic carbocycles. The van der Waals surface area contributed by atoms with Crippen LogP contribution in [0.5, 0.6) is 5.75 Å². The number of hydrogen-bond acceptors (Lipinski definition) is 3. The third-order valence-corrected chi connectivity index (χ3v) is 2.60. The van der Waals surface area contributed by atoms with Crippen molar-refractivity contribution in [2.24, 2.45) is 5.73 Å². The zero-order chi connectivity index (χ0) is 11.9. The van der Waals surface area contributed by atoms with Gasteiger partial charge in [-0.25, -0.2) is 0 Å². The number of fused-ring (bicyclic) bond motifs is 1. The number of anilines is 1. The maximum Gasteiger partial charge on any atom is 0.278 e. The van der Waals surface area contributed by atoms with Crippen LogP contribution < -0.4 is 15.8 Å². The topological polar surface area (TPSA) is 81.4 Å². The first-order chi connectivity index (χ1) is 7.43. The fourth-order valence-electron chi connectivity index (χ4n) is 1.50. The Labute approximate surface area is 92.6 Å². The summed E-state index contributed by atoms with van der Waals surface area (Å²) in [6.07, 6.45) is 0. The number of hydrogen-bond donors (Lipinski definition) is 2. The predicted octanol–water partition coefficient (Wildman–Crippen LogP) is 0.570. The molecule has 0 saturated carbocycles. The lowest BCUT2D eigenvalue weighted by Crippen LogP contribution is -2.57. The molecule has 5 heteroatoms. The molecular formula is C11H12N2O3. The first-order valence-electron chi connectivity index (χ1n) is 4.84. The molecule has 84 valence electrons. The average Bonchev–Trinajstić information content (AvgIpc) is 2.20. The van der Waals surface area contributed by atoms with Crippen LogP contribution in [-0.2, 0) is 9.59 Å². The van der Waals surface area contributed by atoms with Gasteiger partial charge in [-0.3, -0.25) is 9.59 Å². The van der Waals surface area contributed by atoms with Crippen LogP contribution in [0.3, 0.4) is 0 Å². The summed E-state index contributed by atoms with van der Waals surface area (Å²) >= 11 is 0. The minimum Gasteiger partial charge on any atom is -0.466 e. The van der Waals surface area contributed by atoms with E-state index in [0.29, 0.717) is 11.4 Å². The largest absolute Gasteiger partial charge is 0.466 e. The molecule has 0 bridgehead atoms. The molecule has 0 saturated heterocycles. The van der Waals surface area contributed by atoms with Crippen LogP contribution in [-0.4, -0.2) is 17.4 Å². The van der Waals surface area contributed by atoms with E-state index in [9.17, 15) is 9.59 Å². The Bertz CT molecular complexity index is 484. The Morgan fingerprint density at radius 3 is 2.81 bits per heavy atom. The Morgan fingerprint density at radius 1 is 1.50 bits per heavy atom. The third kappa shape index (κ3) is 1.41. The number of benzene rings is 1. The molecule has 5 nitrogen and oxygen atoms in total. The Kier molecular flexibility index (Phi) is 2.11. The molecule has 3 N–H and O–H groups in total. The number of ether oxygens (including phenoxy) is 1. The number of aryl methyl sites for hydroxylation is 1. The van der Waals surface area contributed by atoms with Crippen LogP contribution >= 0.6 is 0 Å². The van der Waals surface area contributed by atoms with Crippen molar-refractivity contribution in [1.82, 2.24) is 0 Å². The van der Waals surface area contributed by atoms with Gasteiger partial charge in [0, 0.05) is 0 Å². The first-order valence-corrected chi connectivity index (χ1v) is 4.84. The summed E-state index contributed by atoms with van der Waals surface area (Å²) in [5.41, 5.74) is 5.07. The van der Waals surface area contributed by atoms with Gasteiger partial charge in [0.2, 0.25) is 0 Å². The summed E-state index contributed by atoms with van der Waals surface area (Å²) in [6, 6.07) is 5.30. The van der Waals surface area contributed by atoms with E-state index in [1.54, 1.807) is 12.1 Å². The van der Waals surface area contributed by atoms with Gasteiger partial charge >= 0.3 is 0 Å². The molecule has 0 spiro atoms. The number of carbonyl (C=O) groups is 2. The van der Waals surface area contributed by atoms with Gasteiger partial charge in [-0.2, -0.15) is 0 Å². The standard InChI is InChI=1S/C11H12N2O3/c1-6-3-4-8-7(5-6)13-10(15)11(2,16-8)9(12)14/h3-5H,1-2H3,(H2,12,14)(H,13,15)/t11-/m1/s1. The molecule has 1 aromatic carbocycles. The molecule has 0 radical (unpaired) electrons. The summed E-state index contributed by atoms with van der Waals surface area (Å²) in [5.74, 6) is -0.902. The quantitative estimate of drug-likeness (QED) is 0.679. The number of primary amides is 1. The molecule has 1 aliphatic heterocycles. The van der Waals surface area contributed by atoms with Gasteiger partial charge in [0.1, 0.15) is 5.75 Å². The fourth-order valence-corrected chi connectivity index (χ4v) is 1.50. The second kappa shape index (κ2) is 3.23. The van der Waals surface area contributed by atoms with E-state index < -0.39 is 17.4 Å². The highest BCUT2D eigenvalue weighted by Gasteiger charge is 2.45. The van der Waals surface area contributed by atoms with Crippen molar-refractivity contribution in [2.45, 2.75) is 19.4 Å². The van der Waals surface area contributed by atoms with E-state index in [1.165, 1.54) is 6.92 Å². The molecular weight excluding hydrogens is 208 g/mol. The Morgan fingerprint density at radius 2 is 2.19 bits per heavy atom. The van der Waals surface area contributed by atoms with Gasteiger partial charge in [0.05, 0.1) is 5.69 Å². The van der Waals surface area contributed by atoms with Crippen LogP contribution in [0.2, 0.25) is 0 Å². The van der Waals surface area contributed by atoms with Crippen molar-refractivity contribution < 1.29 is 14.3 Å².